The van der Waals surface area contributed by atoms with Gasteiger partial charge in [-0.3, -0.25) is 4.89 Å². The van der Waals surface area contributed by atoms with Crippen molar-refractivity contribution in [3.8, 4) is 11.5 Å². The monoisotopic (exact) mass is 354 g/mol. The maximum Gasteiger partial charge on any atom is 0.584 e. The van der Waals surface area contributed by atoms with E-state index >= 15 is 0 Å². The highest BCUT2D eigenvalue weighted by atomic mass is 31.2. The van der Waals surface area contributed by atoms with Gasteiger partial charge in [0, 0.05) is 0 Å². The Morgan fingerprint density at radius 1 is 0.875 bits per heavy atom. The molecule has 2 rings (SSSR count). The van der Waals surface area contributed by atoms with Crippen molar-refractivity contribution >= 4 is 7.82 Å². The second-order valence-electron chi connectivity index (χ2n) is 6.01. The summed E-state index contributed by atoms with van der Waals surface area (Å²) < 4.78 is 22.3. The lowest BCUT2D eigenvalue weighted by Crippen LogP contribution is -2.36. The third-order valence-corrected chi connectivity index (χ3v) is 3.58. The number of rotatable bonds is 6. The molecule has 0 bridgehead atoms. The molecule has 6 nitrogen and oxygen atoms in total. The maximum absolute atomic E-state index is 11.7. The zero-order valence-corrected chi connectivity index (χ0v) is 15.1. The van der Waals surface area contributed by atoms with Crippen LogP contribution < -0.4 is 9.05 Å². The summed E-state index contributed by atoms with van der Waals surface area (Å²) in [5.74, 6) is 0.573. The Hall–Kier alpha value is -1.85. The summed E-state index contributed by atoms with van der Waals surface area (Å²) in [7, 11) is 2.02. The Labute approximate surface area is 143 Å². The Morgan fingerprint density at radius 3 is 1.50 bits per heavy atom. The maximum atomic E-state index is 11.7. The van der Waals surface area contributed by atoms with Crippen LogP contribution >= 0.6 is 7.82 Å². The fraction of sp³-hybridized carbons (Fsp3) is 0.294. The standard InChI is InChI=1S/C12H11O4P.C5H14NO/c13-17(14,15-11-7-3-1-4-8-11)16-12-9-5-2-6-10-12;1-6(2,3)4-5-7/h1-10H,(H,13,14);7H,4-5H2,1-3H3/q;+1. The summed E-state index contributed by atoms with van der Waals surface area (Å²) in [5.41, 5.74) is 0. The molecule has 0 fully saturated rings. The smallest absolute Gasteiger partial charge is 0.395 e. The van der Waals surface area contributed by atoms with Crippen LogP contribution in [-0.2, 0) is 4.57 Å². The van der Waals surface area contributed by atoms with Gasteiger partial charge in [-0.2, -0.15) is 0 Å². The van der Waals surface area contributed by atoms with Gasteiger partial charge in [0.25, 0.3) is 0 Å². The van der Waals surface area contributed by atoms with Gasteiger partial charge in [0.15, 0.2) is 0 Å². The van der Waals surface area contributed by atoms with E-state index in [9.17, 15) is 9.46 Å². The van der Waals surface area contributed by atoms with Crippen molar-refractivity contribution in [2.24, 2.45) is 0 Å². The SMILES string of the molecule is C[N+](C)(C)CCO.O=P(O)(Oc1ccccc1)Oc1ccccc1. The molecule has 0 saturated heterocycles. The van der Waals surface area contributed by atoms with Gasteiger partial charge >= 0.3 is 7.82 Å². The third kappa shape index (κ3) is 9.33. The van der Waals surface area contributed by atoms with Crippen molar-refractivity contribution in [1.29, 1.82) is 0 Å². The highest BCUT2D eigenvalue weighted by Crippen LogP contribution is 2.44. The van der Waals surface area contributed by atoms with Gasteiger partial charge in [-0.1, -0.05) is 36.4 Å². The molecule has 0 spiro atoms. The van der Waals surface area contributed by atoms with Crippen LogP contribution in [-0.4, -0.2) is 48.8 Å². The lowest BCUT2D eigenvalue weighted by Gasteiger charge is -2.21. The van der Waals surface area contributed by atoms with E-state index < -0.39 is 7.82 Å². The normalized spacial score (nSPS) is 11.2. The fourth-order valence-corrected chi connectivity index (χ4v) is 2.36. The van der Waals surface area contributed by atoms with Crippen molar-refractivity contribution in [3.63, 3.8) is 0 Å². The highest BCUT2D eigenvalue weighted by Gasteiger charge is 2.24. The van der Waals surface area contributed by atoms with Crippen LogP contribution in [0.2, 0.25) is 0 Å². The van der Waals surface area contributed by atoms with E-state index in [0.717, 1.165) is 11.0 Å². The average molecular weight is 354 g/mol. The number of nitrogens with zero attached hydrogens (tertiary/aromatic N) is 1. The molecule has 24 heavy (non-hydrogen) atoms. The Kier molecular flexibility index (Phi) is 7.95. The summed E-state index contributed by atoms with van der Waals surface area (Å²) in [6.45, 7) is 1.11. The molecule has 0 unspecified atom stereocenters. The van der Waals surface area contributed by atoms with Crippen LogP contribution in [0.5, 0.6) is 11.5 Å². The van der Waals surface area contributed by atoms with Crippen molar-refractivity contribution in [2.45, 2.75) is 0 Å². The van der Waals surface area contributed by atoms with E-state index in [-0.39, 0.29) is 18.1 Å². The van der Waals surface area contributed by atoms with Crippen molar-refractivity contribution < 1.29 is 28.1 Å². The number of hydrogen-bond acceptors (Lipinski definition) is 4. The Balaban J connectivity index is 0.000000351. The van der Waals surface area contributed by atoms with Crippen LogP contribution in [0.15, 0.2) is 60.7 Å². The number of phosphoric ester groups is 1. The molecular formula is C17H25NO5P+. The van der Waals surface area contributed by atoms with Gasteiger partial charge in [-0.05, 0) is 24.3 Å². The zero-order chi connectivity index (χ0) is 18.1. The minimum atomic E-state index is -4.14. The molecule has 0 radical (unpaired) electrons. The van der Waals surface area contributed by atoms with Crippen molar-refractivity contribution in [1.82, 2.24) is 0 Å². The topological polar surface area (TPSA) is 76.0 Å². The molecule has 2 N–H and O–H groups in total. The fourth-order valence-electron chi connectivity index (χ4n) is 1.55. The minimum absolute atomic E-state index is 0.281. The summed E-state index contributed by atoms with van der Waals surface area (Å²) in [6, 6.07) is 16.7. The number of hydrogen-bond donors (Lipinski definition) is 2. The molecule has 7 heteroatoms. The Bertz CT molecular complexity index is 583. The van der Waals surface area contributed by atoms with Gasteiger partial charge in [-0.15, -0.1) is 0 Å². The number of quaternary nitrogens is 1. The van der Waals surface area contributed by atoms with Crippen molar-refractivity contribution in [3.05, 3.63) is 60.7 Å². The molecule has 0 aromatic heterocycles. The molecule has 0 amide bonds. The van der Waals surface area contributed by atoms with Gasteiger partial charge in [0.2, 0.25) is 0 Å². The predicted octanol–water partition coefficient (Wildman–Crippen LogP) is 2.93. The Morgan fingerprint density at radius 2 is 1.25 bits per heavy atom. The van der Waals surface area contributed by atoms with Crippen LogP contribution in [0, 0.1) is 0 Å². The van der Waals surface area contributed by atoms with E-state index in [2.05, 4.69) is 21.1 Å². The average Bonchev–Trinajstić information content (AvgIpc) is 2.47. The zero-order valence-electron chi connectivity index (χ0n) is 14.2. The molecule has 0 aliphatic heterocycles. The lowest BCUT2D eigenvalue weighted by molar-refractivity contribution is -0.870. The van der Waals surface area contributed by atoms with E-state index in [4.69, 9.17) is 14.2 Å². The minimum Gasteiger partial charge on any atom is -0.395 e. The number of aliphatic hydroxyl groups is 1. The first-order valence-electron chi connectivity index (χ1n) is 7.45. The lowest BCUT2D eigenvalue weighted by atomic mass is 10.3. The molecule has 132 valence electrons. The number of benzene rings is 2. The summed E-state index contributed by atoms with van der Waals surface area (Å²) >= 11 is 0. The summed E-state index contributed by atoms with van der Waals surface area (Å²) in [4.78, 5) is 9.53. The highest BCUT2D eigenvalue weighted by molar-refractivity contribution is 7.48. The number of likely N-dealkylation sites (N-methyl/N-ethyl adjacent to an activating group) is 1. The molecule has 0 saturated carbocycles. The second kappa shape index (κ2) is 9.45. The molecule has 2 aromatic rings. The van der Waals surface area contributed by atoms with Crippen molar-refractivity contribution in [2.75, 3.05) is 34.3 Å². The van der Waals surface area contributed by atoms with Gasteiger partial charge in [0.1, 0.15) is 18.0 Å². The van der Waals surface area contributed by atoms with Gasteiger partial charge in [-0.25, -0.2) is 4.57 Å². The molecule has 0 atom stereocenters. The first-order valence-corrected chi connectivity index (χ1v) is 8.95. The first kappa shape index (κ1) is 20.2. The number of para-hydroxylation sites is 2. The van der Waals surface area contributed by atoms with Crippen LogP contribution in [0.1, 0.15) is 0 Å². The molecule has 0 aliphatic carbocycles. The summed E-state index contributed by atoms with van der Waals surface area (Å²) in [5, 5.41) is 8.39. The first-order chi connectivity index (χ1) is 11.2. The largest absolute Gasteiger partial charge is 0.584 e. The van der Waals surface area contributed by atoms with Gasteiger partial charge < -0.3 is 18.6 Å². The van der Waals surface area contributed by atoms with Gasteiger partial charge in [0.05, 0.1) is 27.7 Å². The number of phosphoric acid groups is 1. The third-order valence-electron chi connectivity index (χ3n) is 2.70. The molecular weight excluding hydrogens is 329 g/mol. The second-order valence-corrected chi connectivity index (χ2v) is 7.32. The van der Waals surface area contributed by atoms with Crippen LogP contribution in [0.4, 0.5) is 0 Å². The summed E-state index contributed by atoms with van der Waals surface area (Å²) in [6.07, 6.45) is 0. The number of aliphatic hydroxyl groups excluding tert-OH is 1. The molecule has 0 heterocycles. The van der Waals surface area contributed by atoms with Crippen LogP contribution in [0.3, 0.4) is 0 Å². The van der Waals surface area contributed by atoms with Crippen LogP contribution in [0.25, 0.3) is 0 Å². The van der Waals surface area contributed by atoms with E-state index in [1.54, 1.807) is 60.7 Å². The van der Waals surface area contributed by atoms with E-state index in [0.29, 0.717) is 0 Å². The molecule has 0 aliphatic rings. The van der Waals surface area contributed by atoms with E-state index in [1.165, 1.54) is 0 Å². The quantitative estimate of drug-likeness (QED) is 0.616. The predicted molar refractivity (Wildman–Crippen MR) is 94.0 cm³/mol. The van der Waals surface area contributed by atoms with E-state index in [1.807, 2.05) is 0 Å². The molecule has 2 aromatic carbocycles.